The van der Waals surface area contributed by atoms with Crippen LogP contribution in [-0.2, 0) is 0 Å². The number of furan rings is 1. The van der Waals surface area contributed by atoms with Crippen molar-refractivity contribution in [3.8, 4) is 0 Å². The molecule has 8 heteroatoms. The number of aryl methyl sites for hydroxylation is 1. The third-order valence-corrected chi connectivity index (χ3v) is 6.53. The van der Waals surface area contributed by atoms with Crippen molar-refractivity contribution in [3.63, 3.8) is 0 Å². The Hall–Kier alpha value is -3.42. The average molecular weight is 469 g/mol. The lowest BCUT2D eigenvalue weighted by Crippen LogP contribution is -2.33. The fourth-order valence-electron chi connectivity index (χ4n) is 4.56. The van der Waals surface area contributed by atoms with Crippen LogP contribution in [-0.4, -0.2) is 35.5 Å². The Morgan fingerprint density at radius 2 is 1.79 bits per heavy atom. The second-order valence-electron chi connectivity index (χ2n) is 9.48. The van der Waals surface area contributed by atoms with Crippen molar-refractivity contribution in [1.29, 1.82) is 0 Å². The molecule has 0 saturated carbocycles. The molecule has 3 heterocycles. The van der Waals surface area contributed by atoms with E-state index in [1.165, 1.54) is 19.9 Å². The predicted molar refractivity (Wildman–Crippen MR) is 125 cm³/mol. The Labute approximate surface area is 194 Å². The molecular weight excluding hydrogens is 446 g/mol. The Balaban J connectivity index is 1.64. The molecule has 1 atom stereocenters. The normalized spacial score (nSPS) is 18.8. The largest absolute Gasteiger partial charge is 0.437 e. The first kappa shape index (κ1) is 22.4. The summed E-state index contributed by atoms with van der Waals surface area (Å²) in [6, 6.07) is 6.43. The number of benzene rings is 1. The quantitative estimate of drug-likeness (QED) is 0.308. The third-order valence-electron chi connectivity index (χ3n) is 6.53. The summed E-state index contributed by atoms with van der Waals surface area (Å²) in [5.74, 6) is -0.622. The summed E-state index contributed by atoms with van der Waals surface area (Å²) in [6.45, 7) is 4.37. The maximum Gasteiger partial charge on any atom is 0.394 e. The zero-order valence-electron chi connectivity index (χ0n) is 19.2. The molecule has 1 aliphatic carbocycles. The smallest absolute Gasteiger partial charge is 0.394 e. The number of pyridine rings is 1. The highest BCUT2D eigenvalue weighted by atomic mass is 19.4. The number of hydrogen-bond acceptors (Lipinski definition) is 4. The fourth-order valence-corrected chi connectivity index (χ4v) is 4.56. The first-order chi connectivity index (χ1) is 16.0. The summed E-state index contributed by atoms with van der Waals surface area (Å²) in [6.07, 6.45) is 2.60. The highest BCUT2D eigenvalue weighted by Gasteiger charge is 2.47. The molecule has 2 aliphatic rings. The highest BCUT2D eigenvalue weighted by Crippen LogP contribution is 2.45. The van der Waals surface area contributed by atoms with Crippen molar-refractivity contribution < 1.29 is 22.0 Å². The average Bonchev–Trinajstić information content (AvgIpc) is 3.11. The molecule has 4 nitrogen and oxygen atoms in total. The van der Waals surface area contributed by atoms with Gasteiger partial charge in [-0.3, -0.25) is 4.99 Å². The molecule has 2 aromatic heterocycles. The monoisotopic (exact) mass is 469 g/mol. The minimum Gasteiger partial charge on any atom is -0.437 e. The number of aromatic nitrogens is 1. The van der Waals surface area contributed by atoms with Gasteiger partial charge in [-0.2, -0.15) is 22.5 Å². The zero-order chi connectivity index (χ0) is 24.4. The molecule has 176 valence electrons. The van der Waals surface area contributed by atoms with Gasteiger partial charge < -0.3 is 9.32 Å². The van der Waals surface area contributed by atoms with Crippen LogP contribution >= 0.6 is 0 Å². The van der Waals surface area contributed by atoms with Gasteiger partial charge in [-0.1, -0.05) is 44.2 Å². The summed E-state index contributed by atoms with van der Waals surface area (Å²) in [4.78, 5) is 10.3. The van der Waals surface area contributed by atoms with E-state index < -0.39 is 23.6 Å². The van der Waals surface area contributed by atoms with Gasteiger partial charge in [0.05, 0.1) is 23.5 Å². The van der Waals surface area contributed by atoms with Gasteiger partial charge in [-0.25, -0.2) is 0 Å². The van der Waals surface area contributed by atoms with E-state index in [-0.39, 0.29) is 12.1 Å². The molecule has 0 fully saturated rings. The van der Waals surface area contributed by atoms with Crippen LogP contribution in [0.15, 0.2) is 63.0 Å². The van der Waals surface area contributed by atoms with Crippen molar-refractivity contribution in [2.75, 3.05) is 7.05 Å². The van der Waals surface area contributed by atoms with Crippen molar-refractivity contribution in [3.05, 3.63) is 70.7 Å². The van der Waals surface area contributed by atoms with E-state index in [4.69, 9.17) is 4.42 Å². The van der Waals surface area contributed by atoms with Gasteiger partial charge in [-0.15, -0.1) is 0 Å². The van der Waals surface area contributed by atoms with Crippen molar-refractivity contribution in [2.24, 2.45) is 10.4 Å². The molecule has 0 N–H and O–H groups in total. The van der Waals surface area contributed by atoms with E-state index in [1.54, 1.807) is 24.6 Å². The van der Waals surface area contributed by atoms with Gasteiger partial charge in [0.15, 0.2) is 0 Å². The standard InChI is InChI=1S/C26H23F4N3O/c1-14-5-7-16-17-9-10-20(27)32-24(17)34-23(16)21(14)22-18-8-6-15(11-19(18)31-13-33(22)4)12-25(2,3)26(28,29)30/h5-11,13,19H,12H2,1-4H3. The maximum absolute atomic E-state index is 13.7. The predicted octanol–water partition coefficient (Wildman–Crippen LogP) is 6.96. The molecule has 0 spiro atoms. The molecule has 1 unspecified atom stereocenters. The van der Waals surface area contributed by atoms with E-state index in [0.29, 0.717) is 16.5 Å². The van der Waals surface area contributed by atoms with Crippen LogP contribution in [0.1, 0.15) is 31.4 Å². The second-order valence-corrected chi connectivity index (χ2v) is 9.48. The van der Waals surface area contributed by atoms with Crippen LogP contribution in [0.3, 0.4) is 0 Å². The Morgan fingerprint density at radius 1 is 1.06 bits per heavy atom. The van der Waals surface area contributed by atoms with E-state index in [9.17, 15) is 17.6 Å². The van der Waals surface area contributed by atoms with Gasteiger partial charge in [0.1, 0.15) is 5.58 Å². The van der Waals surface area contributed by atoms with Crippen LogP contribution in [0.2, 0.25) is 0 Å². The molecular formula is C26H23F4N3O. The molecule has 34 heavy (non-hydrogen) atoms. The summed E-state index contributed by atoms with van der Waals surface area (Å²) in [5, 5.41) is 1.52. The molecule has 3 aromatic rings. The first-order valence-corrected chi connectivity index (χ1v) is 10.9. The molecule has 1 aliphatic heterocycles. The number of hydrogen-bond donors (Lipinski definition) is 0. The summed E-state index contributed by atoms with van der Waals surface area (Å²) in [5.41, 5.74) is 3.00. The van der Waals surface area contributed by atoms with Crippen LogP contribution in [0.4, 0.5) is 17.6 Å². The minimum atomic E-state index is -4.30. The fraction of sp³-hybridized carbons (Fsp3) is 0.308. The number of allylic oxidation sites excluding steroid dienone is 2. The van der Waals surface area contributed by atoms with Gasteiger partial charge in [0, 0.05) is 29.0 Å². The number of fused-ring (bicyclic) bond motifs is 4. The van der Waals surface area contributed by atoms with Crippen molar-refractivity contribution in [1.82, 2.24) is 9.88 Å². The second kappa shape index (κ2) is 7.55. The van der Waals surface area contributed by atoms with Gasteiger partial charge in [-0.05, 0) is 36.6 Å². The van der Waals surface area contributed by atoms with E-state index in [0.717, 1.165) is 27.8 Å². The lowest BCUT2D eigenvalue weighted by Gasteiger charge is -2.32. The summed E-state index contributed by atoms with van der Waals surface area (Å²) >= 11 is 0. The Bertz CT molecular complexity index is 1440. The highest BCUT2D eigenvalue weighted by molar-refractivity contribution is 6.08. The molecule has 0 saturated heterocycles. The Kier molecular flexibility index (Phi) is 4.97. The zero-order valence-corrected chi connectivity index (χ0v) is 19.2. The van der Waals surface area contributed by atoms with E-state index in [2.05, 4.69) is 9.98 Å². The SMILES string of the molecule is Cc1ccc2c(oc3nc(F)ccc32)c1C1=C2C=CC(CC(C)(C)C(F)(F)F)=CC2N=CN1C. The van der Waals surface area contributed by atoms with Crippen LogP contribution in [0.5, 0.6) is 0 Å². The number of nitrogens with zero attached hydrogens (tertiary/aromatic N) is 3. The Morgan fingerprint density at radius 3 is 2.53 bits per heavy atom. The molecule has 0 amide bonds. The lowest BCUT2D eigenvalue weighted by atomic mass is 9.81. The summed E-state index contributed by atoms with van der Waals surface area (Å²) in [7, 11) is 1.86. The summed E-state index contributed by atoms with van der Waals surface area (Å²) < 4.78 is 60.0. The molecule has 1 aromatic carbocycles. The van der Waals surface area contributed by atoms with Crippen LogP contribution in [0.25, 0.3) is 27.8 Å². The number of alkyl halides is 3. The van der Waals surface area contributed by atoms with Gasteiger partial charge >= 0.3 is 6.18 Å². The van der Waals surface area contributed by atoms with Crippen LogP contribution < -0.4 is 0 Å². The molecule has 0 bridgehead atoms. The topological polar surface area (TPSA) is 41.6 Å². The van der Waals surface area contributed by atoms with E-state index in [1.807, 2.05) is 37.1 Å². The number of halogens is 4. The van der Waals surface area contributed by atoms with Gasteiger partial charge in [0.2, 0.25) is 11.7 Å². The third kappa shape index (κ3) is 3.52. The lowest BCUT2D eigenvalue weighted by molar-refractivity contribution is -0.210. The van der Waals surface area contributed by atoms with Crippen LogP contribution in [0, 0.1) is 18.3 Å². The minimum absolute atomic E-state index is 0.132. The van der Waals surface area contributed by atoms with Crippen molar-refractivity contribution >= 4 is 34.1 Å². The number of aliphatic imine (C=N–C) groups is 1. The van der Waals surface area contributed by atoms with E-state index >= 15 is 0 Å². The maximum atomic E-state index is 13.7. The molecule has 5 rings (SSSR count). The first-order valence-electron chi connectivity index (χ1n) is 10.9. The molecule has 0 radical (unpaired) electrons. The van der Waals surface area contributed by atoms with Crippen molar-refractivity contribution in [2.45, 2.75) is 39.4 Å². The number of rotatable bonds is 3. The van der Waals surface area contributed by atoms with Gasteiger partial charge in [0.25, 0.3) is 0 Å².